The lowest BCUT2D eigenvalue weighted by atomic mass is 10.1. The van der Waals surface area contributed by atoms with Gasteiger partial charge in [-0.2, -0.15) is 10.4 Å². The smallest absolute Gasteiger partial charge is 0.193 e. The molecular formula is C19H27N7. The van der Waals surface area contributed by atoms with E-state index in [0.29, 0.717) is 30.3 Å². The summed E-state index contributed by atoms with van der Waals surface area (Å²) in [5, 5.41) is 25.7. The van der Waals surface area contributed by atoms with Crippen molar-refractivity contribution in [2.24, 2.45) is 10.2 Å². The van der Waals surface area contributed by atoms with Gasteiger partial charge in [-0.25, -0.2) is 4.68 Å². The van der Waals surface area contributed by atoms with E-state index in [2.05, 4.69) is 57.6 Å². The van der Waals surface area contributed by atoms with Gasteiger partial charge in [0.1, 0.15) is 11.6 Å². The number of azo groups is 1. The first-order valence-corrected chi connectivity index (χ1v) is 9.11. The Hall–Kier alpha value is -2.88. The van der Waals surface area contributed by atoms with Gasteiger partial charge in [0.05, 0.1) is 5.69 Å². The monoisotopic (exact) mass is 353 g/mol. The second kappa shape index (κ2) is 8.99. The van der Waals surface area contributed by atoms with Crippen molar-refractivity contribution in [3.8, 4) is 6.07 Å². The van der Waals surface area contributed by atoms with Crippen molar-refractivity contribution >= 4 is 23.0 Å². The van der Waals surface area contributed by atoms with E-state index in [0.717, 1.165) is 24.3 Å². The van der Waals surface area contributed by atoms with Crippen LogP contribution in [-0.4, -0.2) is 29.4 Å². The normalized spacial score (nSPS) is 10.9. The van der Waals surface area contributed by atoms with Crippen molar-refractivity contribution < 1.29 is 0 Å². The highest BCUT2D eigenvalue weighted by molar-refractivity contribution is 5.63. The molecule has 0 radical (unpaired) electrons. The average Bonchev–Trinajstić information content (AvgIpc) is 2.99. The number of rotatable bonds is 8. The molecule has 1 aromatic carbocycles. The SMILES string of the molecule is CCNc1nn(CC)c(N=Nc2ccc(N(CC)CC)cc2C)c1C#N. The van der Waals surface area contributed by atoms with E-state index in [-0.39, 0.29) is 0 Å². The number of aryl methyl sites for hydroxylation is 2. The average molecular weight is 353 g/mol. The van der Waals surface area contributed by atoms with Crippen LogP contribution in [-0.2, 0) is 6.54 Å². The highest BCUT2D eigenvalue weighted by Crippen LogP contribution is 2.30. The van der Waals surface area contributed by atoms with Gasteiger partial charge in [0.2, 0.25) is 0 Å². The molecule has 26 heavy (non-hydrogen) atoms. The highest BCUT2D eigenvalue weighted by Gasteiger charge is 2.16. The summed E-state index contributed by atoms with van der Waals surface area (Å²) in [4.78, 5) is 2.29. The standard InChI is InChI=1S/C19H27N7/c1-6-21-18-16(13-20)19(26(9-4)24-18)23-22-17-11-10-15(12-14(17)5)25(7-2)8-3/h10-12H,6-9H2,1-5H3,(H,21,24). The van der Waals surface area contributed by atoms with Crippen LogP contribution in [0.25, 0.3) is 0 Å². The molecule has 0 aliphatic rings. The Bertz CT molecular complexity index is 810. The summed E-state index contributed by atoms with van der Waals surface area (Å²) in [6, 6.07) is 8.33. The van der Waals surface area contributed by atoms with Crippen LogP contribution in [0.4, 0.5) is 23.0 Å². The Labute approximate surface area is 155 Å². The molecule has 1 heterocycles. The maximum absolute atomic E-state index is 9.49. The molecule has 0 aliphatic carbocycles. The quantitative estimate of drug-likeness (QED) is 0.693. The highest BCUT2D eigenvalue weighted by atomic mass is 15.4. The maximum Gasteiger partial charge on any atom is 0.193 e. The van der Waals surface area contributed by atoms with Gasteiger partial charge >= 0.3 is 0 Å². The van der Waals surface area contributed by atoms with E-state index in [1.807, 2.05) is 26.8 Å². The molecule has 7 nitrogen and oxygen atoms in total. The predicted octanol–water partition coefficient (Wildman–Crippen LogP) is 4.78. The molecule has 0 unspecified atom stereocenters. The summed E-state index contributed by atoms with van der Waals surface area (Å²) in [7, 11) is 0. The van der Waals surface area contributed by atoms with Crippen molar-refractivity contribution in [2.75, 3.05) is 29.9 Å². The first-order valence-electron chi connectivity index (χ1n) is 9.11. The van der Waals surface area contributed by atoms with Gasteiger partial charge in [-0.1, -0.05) is 0 Å². The third-order valence-electron chi connectivity index (χ3n) is 4.24. The summed E-state index contributed by atoms with van der Waals surface area (Å²) in [5.74, 6) is 1.04. The molecule has 0 saturated carbocycles. The van der Waals surface area contributed by atoms with Crippen molar-refractivity contribution in [1.82, 2.24) is 9.78 Å². The number of nitrogens with zero attached hydrogens (tertiary/aromatic N) is 6. The minimum atomic E-state index is 0.426. The molecule has 2 rings (SSSR count). The number of benzene rings is 1. The Morgan fingerprint density at radius 3 is 2.46 bits per heavy atom. The number of anilines is 2. The summed E-state index contributed by atoms with van der Waals surface area (Å²) >= 11 is 0. The van der Waals surface area contributed by atoms with Gasteiger partial charge in [0.15, 0.2) is 11.6 Å². The number of aromatic nitrogens is 2. The number of hydrogen-bond donors (Lipinski definition) is 1. The van der Waals surface area contributed by atoms with Crippen molar-refractivity contribution in [2.45, 2.75) is 41.2 Å². The minimum absolute atomic E-state index is 0.426. The maximum atomic E-state index is 9.49. The van der Waals surface area contributed by atoms with Crippen LogP contribution in [0.1, 0.15) is 38.8 Å². The lowest BCUT2D eigenvalue weighted by Gasteiger charge is -2.21. The van der Waals surface area contributed by atoms with Gasteiger partial charge in [0, 0.05) is 31.9 Å². The van der Waals surface area contributed by atoms with Gasteiger partial charge in [-0.05, 0) is 58.4 Å². The van der Waals surface area contributed by atoms with Gasteiger partial charge in [-0.3, -0.25) is 0 Å². The zero-order valence-electron chi connectivity index (χ0n) is 16.2. The first-order chi connectivity index (χ1) is 12.6. The van der Waals surface area contributed by atoms with E-state index in [1.54, 1.807) is 4.68 Å². The molecule has 0 spiro atoms. The molecule has 7 heteroatoms. The topological polar surface area (TPSA) is 81.6 Å². The fourth-order valence-electron chi connectivity index (χ4n) is 2.81. The molecule has 138 valence electrons. The zero-order chi connectivity index (χ0) is 19.1. The summed E-state index contributed by atoms with van der Waals surface area (Å²) in [5.41, 5.74) is 3.44. The van der Waals surface area contributed by atoms with E-state index < -0.39 is 0 Å². The molecule has 2 aromatic rings. The lowest BCUT2D eigenvalue weighted by molar-refractivity contribution is 0.662. The summed E-state index contributed by atoms with van der Waals surface area (Å²) in [6.45, 7) is 13.5. The Morgan fingerprint density at radius 1 is 1.19 bits per heavy atom. The molecule has 0 saturated heterocycles. The zero-order valence-corrected chi connectivity index (χ0v) is 16.2. The molecule has 0 atom stereocenters. The van der Waals surface area contributed by atoms with Crippen LogP contribution in [0.3, 0.4) is 0 Å². The number of nitrogens with one attached hydrogen (secondary N) is 1. The van der Waals surface area contributed by atoms with Crippen molar-refractivity contribution in [3.63, 3.8) is 0 Å². The van der Waals surface area contributed by atoms with Gasteiger partial charge < -0.3 is 10.2 Å². The van der Waals surface area contributed by atoms with Crippen LogP contribution in [0.2, 0.25) is 0 Å². The van der Waals surface area contributed by atoms with Crippen LogP contribution < -0.4 is 10.2 Å². The van der Waals surface area contributed by atoms with E-state index >= 15 is 0 Å². The van der Waals surface area contributed by atoms with Crippen molar-refractivity contribution in [3.05, 3.63) is 29.3 Å². The van der Waals surface area contributed by atoms with Crippen LogP contribution in [0, 0.1) is 18.3 Å². The molecule has 1 aromatic heterocycles. The van der Waals surface area contributed by atoms with Crippen LogP contribution >= 0.6 is 0 Å². The Kier molecular flexibility index (Phi) is 6.73. The van der Waals surface area contributed by atoms with Crippen molar-refractivity contribution in [1.29, 1.82) is 5.26 Å². The second-order valence-electron chi connectivity index (χ2n) is 5.85. The van der Waals surface area contributed by atoms with E-state index in [1.165, 1.54) is 5.69 Å². The third kappa shape index (κ3) is 4.02. The minimum Gasteiger partial charge on any atom is -0.372 e. The Morgan fingerprint density at radius 2 is 1.92 bits per heavy atom. The van der Waals surface area contributed by atoms with E-state index in [9.17, 15) is 5.26 Å². The van der Waals surface area contributed by atoms with Crippen LogP contribution in [0.15, 0.2) is 28.4 Å². The molecule has 1 N–H and O–H groups in total. The molecule has 0 amide bonds. The molecule has 0 bridgehead atoms. The largest absolute Gasteiger partial charge is 0.372 e. The summed E-state index contributed by atoms with van der Waals surface area (Å²) in [6.07, 6.45) is 0. The number of hydrogen-bond acceptors (Lipinski definition) is 6. The molecular weight excluding hydrogens is 326 g/mol. The van der Waals surface area contributed by atoms with Gasteiger partial charge in [-0.15, -0.1) is 10.2 Å². The lowest BCUT2D eigenvalue weighted by Crippen LogP contribution is -2.21. The molecule has 0 aliphatic heterocycles. The predicted molar refractivity (Wildman–Crippen MR) is 106 cm³/mol. The number of nitriles is 1. The van der Waals surface area contributed by atoms with E-state index in [4.69, 9.17) is 0 Å². The fraction of sp³-hybridized carbons (Fsp3) is 0.474. The second-order valence-corrected chi connectivity index (χ2v) is 5.85. The first kappa shape index (κ1) is 19.4. The fourth-order valence-corrected chi connectivity index (χ4v) is 2.81. The summed E-state index contributed by atoms with van der Waals surface area (Å²) < 4.78 is 1.69. The van der Waals surface area contributed by atoms with Gasteiger partial charge in [0.25, 0.3) is 0 Å². The van der Waals surface area contributed by atoms with Crippen LogP contribution in [0.5, 0.6) is 0 Å². The Balaban J connectivity index is 2.37. The third-order valence-corrected chi connectivity index (χ3v) is 4.24. The molecule has 0 fully saturated rings.